The van der Waals surface area contributed by atoms with Crippen molar-refractivity contribution in [3.63, 3.8) is 0 Å². The molecule has 0 aliphatic carbocycles. The number of halogens is 4. The quantitative estimate of drug-likeness (QED) is 0.588. The largest absolute Gasteiger partial charge is 0.390 e. The predicted molar refractivity (Wildman–Crippen MR) is 95.0 cm³/mol. The van der Waals surface area contributed by atoms with Crippen molar-refractivity contribution < 1.29 is 13.2 Å². The van der Waals surface area contributed by atoms with Crippen molar-refractivity contribution in [1.29, 1.82) is 0 Å². The molecule has 1 saturated heterocycles. The maximum Gasteiger partial charge on any atom is 0.390 e. The molecule has 25 heavy (non-hydrogen) atoms. The standard InChI is InChI=1S/C17H24ClF3N4/c1-22-16(23-8-7-17(19,20)21)24-12-15(25-9-2-3-10-25)13-5-4-6-14(18)11-13/h4-6,11,15H,2-3,7-10,12H2,1H3,(H2,22,23,24). The summed E-state index contributed by atoms with van der Waals surface area (Å²) in [6, 6.07) is 7.80. The number of aliphatic imine (C=N–C) groups is 1. The Kier molecular flexibility index (Phi) is 7.38. The van der Waals surface area contributed by atoms with Gasteiger partial charge in [-0.25, -0.2) is 0 Å². The van der Waals surface area contributed by atoms with Crippen LogP contribution in [0.5, 0.6) is 0 Å². The fourth-order valence-corrected chi connectivity index (χ4v) is 3.16. The second kappa shape index (κ2) is 9.29. The topological polar surface area (TPSA) is 39.7 Å². The molecule has 0 aromatic heterocycles. The number of nitrogens with one attached hydrogen (secondary N) is 2. The van der Waals surface area contributed by atoms with Gasteiger partial charge in [0, 0.05) is 25.2 Å². The van der Waals surface area contributed by atoms with E-state index in [0.29, 0.717) is 17.5 Å². The Hall–Kier alpha value is -1.47. The average Bonchev–Trinajstić information content (AvgIpc) is 3.06. The van der Waals surface area contributed by atoms with Gasteiger partial charge >= 0.3 is 6.18 Å². The molecule has 2 rings (SSSR count). The second-order valence-corrected chi connectivity index (χ2v) is 6.50. The minimum Gasteiger partial charge on any atom is -0.356 e. The first-order valence-electron chi connectivity index (χ1n) is 8.40. The smallest absolute Gasteiger partial charge is 0.356 e. The van der Waals surface area contributed by atoms with E-state index in [1.165, 1.54) is 0 Å². The highest BCUT2D eigenvalue weighted by molar-refractivity contribution is 6.30. The molecule has 1 aliphatic heterocycles. The maximum atomic E-state index is 12.3. The summed E-state index contributed by atoms with van der Waals surface area (Å²) in [7, 11) is 1.55. The van der Waals surface area contributed by atoms with Crippen LogP contribution in [-0.2, 0) is 0 Å². The first kappa shape index (κ1) is 19.8. The van der Waals surface area contributed by atoms with Gasteiger partial charge in [0.05, 0.1) is 12.5 Å². The normalized spacial score (nSPS) is 17.6. The zero-order valence-corrected chi connectivity index (χ0v) is 15.0. The summed E-state index contributed by atoms with van der Waals surface area (Å²) >= 11 is 6.12. The molecule has 1 unspecified atom stereocenters. The van der Waals surface area contributed by atoms with Crippen LogP contribution in [0.15, 0.2) is 29.3 Å². The van der Waals surface area contributed by atoms with Gasteiger partial charge in [-0.1, -0.05) is 23.7 Å². The third-order valence-corrected chi connectivity index (χ3v) is 4.44. The van der Waals surface area contributed by atoms with Crippen LogP contribution in [-0.4, -0.2) is 50.3 Å². The molecular weight excluding hydrogens is 353 g/mol. The Balaban J connectivity index is 1.96. The fourth-order valence-electron chi connectivity index (χ4n) is 2.96. The van der Waals surface area contributed by atoms with Crippen LogP contribution in [0.4, 0.5) is 13.2 Å². The molecule has 0 spiro atoms. The summed E-state index contributed by atoms with van der Waals surface area (Å²) in [6.07, 6.45) is -2.77. The summed E-state index contributed by atoms with van der Waals surface area (Å²) in [5.74, 6) is 0.371. The molecule has 8 heteroatoms. The molecule has 1 fully saturated rings. The van der Waals surface area contributed by atoms with E-state index in [0.717, 1.165) is 31.5 Å². The Morgan fingerprint density at radius 2 is 2.00 bits per heavy atom. The van der Waals surface area contributed by atoms with Crippen molar-refractivity contribution in [2.45, 2.75) is 31.5 Å². The van der Waals surface area contributed by atoms with Crippen LogP contribution in [0.25, 0.3) is 0 Å². The molecule has 0 radical (unpaired) electrons. The van der Waals surface area contributed by atoms with Crippen molar-refractivity contribution in [3.05, 3.63) is 34.9 Å². The van der Waals surface area contributed by atoms with E-state index >= 15 is 0 Å². The first-order chi connectivity index (χ1) is 11.9. The second-order valence-electron chi connectivity index (χ2n) is 6.06. The number of rotatable bonds is 6. The SMILES string of the molecule is CN=C(NCCC(F)(F)F)NCC(c1cccc(Cl)c1)N1CCCC1. The lowest BCUT2D eigenvalue weighted by atomic mass is 10.1. The predicted octanol–water partition coefficient (Wildman–Crippen LogP) is 3.59. The van der Waals surface area contributed by atoms with Crippen molar-refractivity contribution in [2.24, 2.45) is 4.99 Å². The van der Waals surface area contributed by atoms with Gasteiger partial charge in [-0.05, 0) is 43.6 Å². The van der Waals surface area contributed by atoms with E-state index in [-0.39, 0.29) is 12.6 Å². The van der Waals surface area contributed by atoms with Gasteiger partial charge in [0.1, 0.15) is 0 Å². The summed E-state index contributed by atoms with van der Waals surface area (Å²) in [6.45, 7) is 2.35. The number of hydrogen-bond donors (Lipinski definition) is 2. The van der Waals surface area contributed by atoms with E-state index in [1.54, 1.807) is 7.05 Å². The maximum absolute atomic E-state index is 12.3. The Bertz CT molecular complexity index is 571. The van der Waals surface area contributed by atoms with Crippen LogP contribution in [0, 0.1) is 0 Å². The molecule has 1 aromatic rings. The molecule has 1 atom stereocenters. The summed E-state index contributed by atoms with van der Waals surface area (Å²) < 4.78 is 36.8. The summed E-state index contributed by atoms with van der Waals surface area (Å²) in [4.78, 5) is 6.36. The van der Waals surface area contributed by atoms with Crippen LogP contribution in [0.1, 0.15) is 30.9 Å². The van der Waals surface area contributed by atoms with Gasteiger partial charge in [-0.15, -0.1) is 0 Å². The molecule has 1 aliphatic rings. The molecule has 1 heterocycles. The van der Waals surface area contributed by atoms with Gasteiger partial charge < -0.3 is 10.6 Å². The Labute approximate surface area is 151 Å². The van der Waals surface area contributed by atoms with E-state index in [1.807, 2.05) is 24.3 Å². The van der Waals surface area contributed by atoms with E-state index < -0.39 is 12.6 Å². The van der Waals surface area contributed by atoms with E-state index in [2.05, 4.69) is 20.5 Å². The number of alkyl halides is 3. The van der Waals surface area contributed by atoms with Crippen molar-refractivity contribution >= 4 is 17.6 Å². The zero-order valence-electron chi connectivity index (χ0n) is 14.2. The van der Waals surface area contributed by atoms with Crippen molar-refractivity contribution in [3.8, 4) is 0 Å². The molecule has 4 nitrogen and oxygen atoms in total. The van der Waals surface area contributed by atoms with Crippen LogP contribution in [0.3, 0.4) is 0 Å². The van der Waals surface area contributed by atoms with Gasteiger partial charge in [0.15, 0.2) is 5.96 Å². The Morgan fingerprint density at radius 3 is 2.60 bits per heavy atom. The summed E-state index contributed by atoms with van der Waals surface area (Å²) in [5, 5.41) is 6.52. The van der Waals surface area contributed by atoms with E-state index in [9.17, 15) is 13.2 Å². The zero-order chi connectivity index (χ0) is 18.3. The molecule has 0 amide bonds. The first-order valence-corrected chi connectivity index (χ1v) is 8.77. The van der Waals surface area contributed by atoms with Crippen molar-refractivity contribution in [1.82, 2.24) is 15.5 Å². The van der Waals surface area contributed by atoms with Crippen molar-refractivity contribution in [2.75, 3.05) is 33.2 Å². The molecule has 0 saturated carbocycles. The number of nitrogens with zero attached hydrogens (tertiary/aromatic N) is 2. The molecular formula is C17H24ClF3N4. The van der Waals surface area contributed by atoms with Gasteiger partial charge in [-0.3, -0.25) is 9.89 Å². The van der Waals surface area contributed by atoms with Crippen LogP contribution >= 0.6 is 11.6 Å². The van der Waals surface area contributed by atoms with E-state index in [4.69, 9.17) is 11.6 Å². The highest BCUT2D eigenvalue weighted by atomic mass is 35.5. The Morgan fingerprint density at radius 1 is 1.28 bits per heavy atom. The van der Waals surface area contributed by atoms with Crippen LogP contribution in [0.2, 0.25) is 5.02 Å². The fraction of sp³-hybridized carbons (Fsp3) is 0.588. The van der Waals surface area contributed by atoms with Crippen LogP contribution < -0.4 is 10.6 Å². The van der Waals surface area contributed by atoms with Gasteiger partial charge in [-0.2, -0.15) is 13.2 Å². The molecule has 1 aromatic carbocycles. The average molecular weight is 377 g/mol. The number of guanidine groups is 1. The van der Waals surface area contributed by atoms with Gasteiger partial charge in [0.25, 0.3) is 0 Å². The minimum absolute atomic E-state index is 0.0994. The third kappa shape index (κ3) is 6.74. The monoisotopic (exact) mass is 376 g/mol. The molecule has 140 valence electrons. The minimum atomic E-state index is -4.18. The highest BCUT2D eigenvalue weighted by Crippen LogP contribution is 2.26. The summed E-state index contributed by atoms with van der Waals surface area (Å²) in [5.41, 5.74) is 1.09. The lowest BCUT2D eigenvalue weighted by Gasteiger charge is -2.29. The van der Waals surface area contributed by atoms with Gasteiger partial charge in [0.2, 0.25) is 0 Å². The number of likely N-dealkylation sites (tertiary alicyclic amines) is 1. The number of benzene rings is 1. The molecule has 2 N–H and O–H groups in total. The lowest BCUT2D eigenvalue weighted by molar-refractivity contribution is -0.132. The molecule has 0 bridgehead atoms. The lowest BCUT2D eigenvalue weighted by Crippen LogP contribution is -2.43. The number of hydrogen-bond acceptors (Lipinski definition) is 2. The third-order valence-electron chi connectivity index (χ3n) is 4.20. The highest BCUT2D eigenvalue weighted by Gasteiger charge is 2.27.